The minimum atomic E-state index is 0.862. The minimum Gasteiger partial charge on any atom is -0.455 e. The lowest BCUT2D eigenvalue weighted by molar-refractivity contribution is 0.673. The topological polar surface area (TPSA) is 16.4 Å². The molecule has 0 unspecified atom stereocenters. The maximum atomic E-state index is 6.79. The summed E-state index contributed by atoms with van der Waals surface area (Å²) in [5.41, 5.74) is 12.2. The van der Waals surface area contributed by atoms with Crippen LogP contribution in [-0.2, 0) is 0 Å². The average Bonchev–Trinajstić information content (AvgIpc) is 3.60. The van der Waals surface area contributed by atoms with Crippen LogP contribution in [0.4, 0.5) is 17.1 Å². The number of anilines is 3. The molecule has 2 nitrogen and oxygen atoms in total. The van der Waals surface area contributed by atoms with Crippen molar-refractivity contribution in [3.63, 3.8) is 0 Å². The molecule has 0 aliphatic heterocycles. The quantitative estimate of drug-likeness (QED) is 0.176. The number of hydrogen-bond acceptors (Lipinski definition) is 2. The third-order valence-corrected chi connectivity index (χ3v) is 10.3. The average molecular weight is 664 g/mol. The summed E-state index contributed by atoms with van der Waals surface area (Å²) >= 11 is 0. The van der Waals surface area contributed by atoms with Gasteiger partial charge in [0.15, 0.2) is 0 Å². The van der Waals surface area contributed by atoms with Crippen LogP contribution in [0.1, 0.15) is 0 Å². The van der Waals surface area contributed by atoms with Gasteiger partial charge in [-0.1, -0.05) is 152 Å². The Morgan fingerprint density at radius 1 is 0.308 bits per heavy atom. The SMILES string of the molecule is c1ccc(-c2ccc(N(c3ccc(-c4cccc5ccccc45)cc3)c3ccc4c(c3)oc3c5ccccc5c(-c5ccccc5)cc43)cc2)cc1. The van der Waals surface area contributed by atoms with E-state index in [1.807, 2.05) is 0 Å². The second kappa shape index (κ2) is 12.5. The Bertz CT molecular complexity index is 2870. The molecule has 0 fully saturated rings. The van der Waals surface area contributed by atoms with Gasteiger partial charge in [0.2, 0.25) is 0 Å². The van der Waals surface area contributed by atoms with Crippen molar-refractivity contribution in [3.8, 4) is 33.4 Å². The van der Waals surface area contributed by atoms with Crippen molar-refractivity contribution in [1.82, 2.24) is 0 Å². The van der Waals surface area contributed by atoms with Gasteiger partial charge in [0, 0.05) is 39.3 Å². The molecule has 0 aliphatic rings. The Morgan fingerprint density at radius 2 is 0.846 bits per heavy atom. The lowest BCUT2D eigenvalue weighted by atomic mass is 9.95. The number of fused-ring (bicyclic) bond motifs is 6. The first-order valence-electron chi connectivity index (χ1n) is 17.8. The zero-order valence-electron chi connectivity index (χ0n) is 28.4. The fourth-order valence-corrected chi connectivity index (χ4v) is 7.73. The molecule has 0 spiro atoms. The molecule has 0 saturated heterocycles. The highest BCUT2D eigenvalue weighted by Gasteiger charge is 2.19. The second-order valence-corrected chi connectivity index (χ2v) is 13.3. The van der Waals surface area contributed by atoms with E-state index in [0.29, 0.717) is 0 Å². The van der Waals surface area contributed by atoms with Crippen LogP contribution in [0.5, 0.6) is 0 Å². The third kappa shape index (κ3) is 5.12. The van der Waals surface area contributed by atoms with Gasteiger partial charge in [-0.3, -0.25) is 0 Å². The highest BCUT2D eigenvalue weighted by Crippen LogP contribution is 2.43. The number of furan rings is 1. The predicted octanol–water partition coefficient (Wildman–Crippen LogP) is 14.4. The van der Waals surface area contributed by atoms with E-state index in [1.54, 1.807) is 0 Å². The van der Waals surface area contributed by atoms with Crippen LogP contribution in [0.3, 0.4) is 0 Å². The van der Waals surface area contributed by atoms with E-state index in [-0.39, 0.29) is 0 Å². The van der Waals surface area contributed by atoms with Gasteiger partial charge >= 0.3 is 0 Å². The number of benzene rings is 9. The summed E-state index contributed by atoms with van der Waals surface area (Å²) in [6.07, 6.45) is 0. The molecular weight excluding hydrogens is 631 g/mol. The molecule has 2 heteroatoms. The lowest BCUT2D eigenvalue weighted by Gasteiger charge is -2.26. The van der Waals surface area contributed by atoms with Gasteiger partial charge in [-0.15, -0.1) is 0 Å². The largest absolute Gasteiger partial charge is 0.455 e. The standard InChI is InChI=1S/C50H33NO/c1-3-12-34(13-4-1)35-22-26-39(27-23-35)51(40-28-24-38(25-29-40)43-21-11-17-36-16-7-8-18-42(36)43)41-30-31-45-48-33-47(37-14-5-2-6-15-37)44-19-9-10-20-46(44)50(48)52-49(45)32-41/h1-33H. The zero-order chi connectivity index (χ0) is 34.4. The molecule has 10 rings (SSSR count). The molecule has 0 radical (unpaired) electrons. The van der Waals surface area contributed by atoms with Crippen molar-refractivity contribution < 1.29 is 4.42 Å². The Hall–Kier alpha value is -6.90. The normalized spacial score (nSPS) is 11.5. The third-order valence-electron chi connectivity index (χ3n) is 10.3. The molecule has 0 aliphatic carbocycles. The minimum absolute atomic E-state index is 0.862. The summed E-state index contributed by atoms with van der Waals surface area (Å²) in [4.78, 5) is 2.32. The van der Waals surface area contributed by atoms with Gasteiger partial charge in [-0.05, 0) is 92.0 Å². The molecule has 10 aromatic rings. The molecule has 0 N–H and O–H groups in total. The molecule has 0 bridgehead atoms. The molecule has 9 aromatic carbocycles. The van der Waals surface area contributed by atoms with E-state index >= 15 is 0 Å². The Kier molecular flexibility index (Phi) is 7.18. The fraction of sp³-hybridized carbons (Fsp3) is 0. The Morgan fingerprint density at radius 3 is 1.58 bits per heavy atom. The van der Waals surface area contributed by atoms with E-state index in [0.717, 1.165) is 44.4 Å². The van der Waals surface area contributed by atoms with Gasteiger partial charge in [0.1, 0.15) is 11.2 Å². The van der Waals surface area contributed by atoms with Crippen molar-refractivity contribution in [1.29, 1.82) is 0 Å². The van der Waals surface area contributed by atoms with Crippen LogP contribution < -0.4 is 4.90 Å². The lowest BCUT2D eigenvalue weighted by Crippen LogP contribution is -2.09. The number of hydrogen-bond donors (Lipinski definition) is 0. The summed E-state index contributed by atoms with van der Waals surface area (Å²) < 4.78 is 6.79. The van der Waals surface area contributed by atoms with Crippen molar-refractivity contribution in [3.05, 3.63) is 200 Å². The molecular formula is C50H33NO. The Labute approximate surface area is 302 Å². The summed E-state index contributed by atoms with van der Waals surface area (Å²) in [6.45, 7) is 0. The van der Waals surface area contributed by atoms with Crippen molar-refractivity contribution in [2.24, 2.45) is 0 Å². The van der Waals surface area contributed by atoms with E-state index in [1.165, 1.54) is 49.5 Å². The maximum absolute atomic E-state index is 6.79. The van der Waals surface area contributed by atoms with E-state index < -0.39 is 0 Å². The van der Waals surface area contributed by atoms with Crippen molar-refractivity contribution >= 4 is 60.5 Å². The van der Waals surface area contributed by atoms with Gasteiger partial charge < -0.3 is 9.32 Å². The van der Waals surface area contributed by atoms with E-state index in [9.17, 15) is 0 Å². The highest BCUT2D eigenvalue weighted by atomic mass is 16.3. The molecule has 52 heavy (non-hydrogen) atoms. The Balaban J connectivity index is 1.12. The fourth-order valence-electron chi connectivity index (χ4n) is 7.73. The van der Waals surface area contributed by atoms with E-state index in [4.69, 9.17) is 4.42 Å². The monoisotopic (exact) mass is 663 g/mol. The highest BCUT2D eigenvalue weighted by molar-refractivity contribution is 6.19. The number of nitrogens with zero attached hydrogens (tertiary/aromatic N) is 1. The van der Waals surface area contributed by atoms with Crippen molar-refractivity contribution in [2.45, 2.75) is 0 Å². The summed E-state index contributed by atoms with van der Waals surface area (Å²) in [6, 6.07) is 71.5. The number of rotatable bonds is 6. The summed E-state index contributed by atoms with van der Waals surface area (Å²) in [7, 11) is 0. The van der Waals surface area contributed by atoms with Gasteiger partial charge in [0.25, 0.3) is 0 Å². The second-order valence-electron chi connectivity index (χ2n) is 13.3. The van der Waals surface area contributed by atoms with Crippen molar-refractivity contribution in [2.75, 3.05) is 4.90 Å². The zero-order valence-corrected chi connectivity index (χ0v) is 28.4. The molecule has 1 heterocycles. The van der Waals surface area contributed by atoms with Crippen LogP contribution in [0.25, 0.3) is 76.9 Å². The molecule has 0 amide bonds. The van der Waals surface area contributed by atoms with Gasteiger partial charge in [0.05, 0.1) is 0 Å². The summed E-state index contributed by atoms with van der Waals surface area (Å²) in [5.74, 6) is 0. The van der Waals surface area contributed by atoms with Gasteiger partial charge in [-0.25, -0.2) is 0 Å². The van der Waals surface area contributed by atoms with Crippen LogP contribution in [0, 0.1) is 0 Å². The van der Waals surface area contributed by atoms with Crippen LogP contribution >= 0.6 is 0 Å². The smallest absolute Gasteiger partial charge is 0.143 e. The molecule has 244 valence electrons. The maximum Gasteiger partial charge on any atom is 0.143 e. The van der Waals surface area contributed by atoms with Crippen LogP contribution in [0.15, 0.2) is 205 Å². The molecule has 0 saturated carbocycles. The van der Waals surface area contributed by atoms with Gasteiger partial charge in [-0.2, -0.15) is 0 Å². The molecule has 1 aromatic heterocycles. The first kappa shape index (κ1) is 30.0. The van der Waals surface area contributed by atoms with Crippen LogP contribution in [0.2, 0.25) is 0 Å². The summed E-state index contributed by atoms with van der Waals surface area (Å²) in [5, 5.41) is 7.03. The molecule has 0 atom stereocenters. The van der Waals surface area contributed by atoms with E-state index in [2.05, 4.69) is 205 Å². The first-order valence-corrected chi connectivity index (χ1v) is 17.8. The predicted molar refractivity (Wildman–Crippen MR) is 220 cm³/mol. The first-order chi connectivity index (χ1) is 25.8. The van der Waals surface area contributed by atoms with Crippen LogP contribution in [-0.4, -0.2) is 0 Å².